The number of anilines is 2. The summed E-state index contributed by atoms with van der Waals surface area (Å²) < 4.78 is 5.47. The Balaban J connectivity index is 1.64. The van der Waals surface area contributed by atoms with Gasteiger partial charge in [0.15, 0.2) is 0 Å². The highest BCUT2D eigenvalue weighted by atomic mass is 16.5. The van der Waals surface area contributed by atoms with Crippen LogP contribution in [0.3, 0.4) is 0 Å². The molecule has 3 aromatic rings. The molecular formula is C22H26N4O. The van der Waals surface area contributed by atoms with Gasteiger partial charge in [-0.2, -0.15) is 4.98 Å². The first-order chi connectivity index (χ1) is 13.2. The van der Waals surface area contributed by atoms with Gasteiger partial charge < -0.3 is 15.0 Å². The average molecular weight is 362 g/mol. The molecule has 0 spiro atoms. The second-order valence-corrected chi connectivity index (χ2v) is 7.22. The zero-order chi connectivity index (χ0) is 18.6. The molecule has 1 aliphatic heterocycles. The molecule has 1 saturated heterocycles. The van der Waals surface area contributed by atoms with E-state index >= 15 is 0 Å². The Morgan fingerprint density at radius 1 is 1.04 bits per heavy atom. The van der Waals surface area contributed by atoms with Crippen molar-refractivity contribution < 1.29 is 4.74 Å². The summed E-state index contributed by atoms with van der Waals surface area (Å²) in [4.78, 5) is 12.0. The minimum absolute atomic E-state index is 0.654. The van der Waals surface area contributed by atoms with E-state index in [1.807, 2.05) is 30.3 Å². The molecule has 2 heterocycles. The first-order valence-electron chi connectivity index (χ1n) is 9.62. The molecule has 2 aromatic carbocycles. The molecule has 1 N–H and O–H groups in total. The maximum absolute atomic E-state index is 5.47. The van der Waals surface area contributed by atoms with Gasteiger partial charge in [-0.25, -0.2) is 4.98 Å². The summed E-state index contributed by atoms with van der Waals surface area (Å²) in [6, 6.07) is 16.3. The Labute approximate surface area is 160 Å². The van der Waals surface area contributed by atoms with Crippen molar-refractivity contribution >= 4 is 22.7 Å². The van der Waals surface area contributed by atoms with Crippen molar-refractivity contribution in [2.75, 3.05) is 30.4 Å². The molecule has 0 radical (unpaired) electrons. The van der Waals surface area contributed by atoms with Crippen LogP contribution in [0.15, 0.2) is 48.5 Å². The van der Waals surface area contributed by atoms with Crippen molar-refractivity contribution in [3.8, 4) is 5.75 Å². The molecule has 1 aromatic heterocycles. The molecule has 5 nitrogen and oxygen atoms in total. The number of hydrogen-bond donors (Lipinski definition) is 1. The van der Waals surface area contributed by atoms with E-state index in [1.54, 1.807) is 7.11 Å². The van der Waals surface area contributed by atoms with Gasteiger partial charge in [0.05, 0.1) is 12.6 Å². The molecule has 5 heteroatoms. The number of benzene rings is 2. The van der Waals surface area contributed by atoms with Crippen LogP contribution in [0.1, 0.15) is 25.3 Å². The Hall–Kier alpha value is -2.82. The molecule has 27 heavy (non-hydrogen) atoms. The van der Waals surface area contributed by atoms with Crippen molar-refractivity contribution in [3.05, 3.63) is 54.1 Å². The lowest BCUT2D eigenvalue weighted by atomic mass is 10.00. The van der Waals surface area contributed by atoms with Crippen molar-refractivity contribution in [1.82, 2.24) is 9.97 Å². The Bertz CT molecular complexity index is 919. The first-order valence-corrected chi connectivity index (χ1v) is 9.62. The maximum Gasteiger partial charge on any atom is 0.227 e. The highest BCUT2D eigenvalue weighted by Crippen LogP contribution is 2.27. The highest BCUT2D eigenvalue weighted by Gasteiger charge is 2.19. The van der Waals surface area contributed by atoms with E-state index in [1.165, 1.54) is 12.8 Å². The fourth-order valence-electron chi connectivity index (χ4n) is 3.58. The van der Waals surface area contributed by atoms with E-state index in [4.69, 9.17) is 14.7 Å². The molecule has 0 aliphatic carbocycles. The number of nitrogens with zero attached hydrogens (tertiary/aromatic N) is 3. The number of para-hydroxylation sites is 2. The zero-order valence-corrected chi connectivity index (χ0v) is 16.0. The minimum atomic E-state index is 0.654. The van der Waals surface area contributed by atoms with Gasteiger partial charge in [-0.15, -0.1) is 0 Å². The van der Waals surface area contributed by atoms with Crippen molar-refractivity contribution in [1.29, 1.82) is 0 Å². The summed E-state index contributed by atoms with van der Waals surface area (Å²) in [5.74, 6) is 3.36. The average Bonchev–Trinajstić information content (AvgIpc) is 2.72. The van der Waals surface area contributed by atoms with Gasteiger partial charge in [0.2, 0.25) is 5.95 Å². The van der Waals surface area contributed by atoms with Gasteiger partial charge >= 0.3 is 0 Å². The van der Waals surface area contributed by atoms with E-state index in [0.717, 1.165) is 53.0 Å². The number of aromatic nitrogens is 2. The van der Waals surface area contributed by atoms with E-state index in [2.05, 4.69) is 35.3 Å². The van der Waals surface area contributed by atoms with E-state index < -0.39 is 0 Å². The number of piperidine rings is 1. The number of fused-ring (bicyclic) bond motifs is 1. The first kappa shape index (κ1) is 17.6. The van der Waals surface area contributed by atoms with Crippen molar-refractivity contribution in [2.24, 2.45) is 5.92 Å². The van der Waals surface area contributed by atoms with Gasteiger partial charge in [0, 0.05) is 30.6 Å². The van der Waals surface area contributed by atoms with Crippen LogP contribution in [0.5, 0.6) is 5.75 Å². The number of methoxy groups -OCH3 is 1. The fourth-order valence-corrected chi connectivity index (χ4v) is 3.58. The molecule has 140 valence electrons. The lowest BCUT2D eigenvalue weighted by molar-refractivity contribution is 0.410. The number of ether oxygens (including phenoxy) is 1. The van der Waals surface area contributed by atoms with E-state index in [0.29, 0.717) is 6.54 Å². The van der Waals surface area contributed by atoms with E-state index in [-0.39, 0.29) is 0 Å². The SMILES string of the molecule is COc1ccccc1CNc1nc(N2CCC(C)CC2)nc2ccccc12. The quantitative estimate of drug-likeness (QED) is 0.725. The van der Waals surface area contributed by atoms with Crippen LogP contribution in [0.4, 0.5) is 11.8 Å². The van der Waals surface area contributed by atoms with Gasteiger partial charge in [0.1, 0.15) is 11.6 Å². The van der Waals surface area contributed by atoms with Crippen molar-refractivity contribution in [2.45, 2.75) is 26.3 Å². The Kier molecular flexibility index (Phi) is 5.10. The third-order valence-electron chi connectivity index (χ3n) is 5.30. The van der Waals surface area contributed by atoms with Crippen LogP contribution >= 0.6 is 0 Å². The maximum atomic E-state index is 5.47. The third-order valence-corrected chi connectivity index (χ3v) is 5.30. The molecule has 0 atom stereocenters. The van der Waals surface area contributed by atoms with Crippen LogP contribution in [0.2, 0.25) is 0 Å². The number of rotatable bonds is 5. The van der Waals surface area contributed by atoms with Crippen LogP contribution < -0.4 is 15.0 Å². The zero-order valence-electron chi connectivity index (χ0n) is 16.0. The summed E-state index contributed by atoms with van der Waals surface area (Å²) in [5.41, 5.74) is 2.08. The molecule has 4 rings (SSSR count). The second-order valence-electron chi connectivity index (χ2n) is 7.22. The summed E-state index contributed by atoms with van der Waals surface area (Å²) in [7, 11) is 1.70. The van der Waals surface area contributed by atoms with Crippen LogP contribution in [0.25, 0.3) is 10.9 Å². The van der Waals surface area contributed by atoms with Crippen LogP contribution in [0, 0.1) is 5.92 Å². The molecular weight excluding hydrogens is 336 g/mol. The summed E-state index contributed by atoms with van der Waals surface area (Å²) in [5, 5.41) is 4.55. The summed E-state index contributed by atoms with van der Waals surface area (Å²) >= 11 is 0. The second kappa shape index (κ2) is 7.82. The lowest BCUT2D eigenvalue weighted by Crippen LogP contribution is -2.34. The highest BCUT2D eigenvalue weighted by molar-refractivity contribution is 5.90. The topological polar surface area (TPSA) is 50.3 Å². The van der Waals surface area contributed by atoms with Crippen LogP contribution in [-0.2, 0) is 6.54 Å². The van der Waals surface area contributed by atoms with E-state index in [9.17, 15) is 0 Å². The fraction of sp³-hybridized carbons (Fsp3) is 0.364. The minimum Gasteiger partial charge on any atom is -0.496 e. The smallest absolute Gasteiger partial charge is 0.227 e. The lowest BCUT2D eigenvalue weighted by Gasteiger charge is -2.30. The summed E-state index contributed by atoms with van der Waals surface area (Å²) in [6.45, 7) is 5.01. The standard InChI is InChI=1S/C22H26N4O/c1-16-11-13-26(14-12-16)22-24-19-9-5-4-8-18(19)21(25-22)23-15-17-7-3-6-10-20(17)27-2/h3-10,16H,11-15H2,1-2H3,(H,23,24,25). The molecule has 0 amide bonds. The van der Waals surface area contributed by atoms with Crippen LogP contribution in [-0.4, -0.2) is 30.2 Å². The molecule has 0 saturated carbocycles. The molecule has 0 unspecified atom stereocenters. The third kappa shape index (κ3) is 3.82. The monoisotopic (exact) mass is 362 g/mol. The van der Waals surface area contributed by atoms with Gasteiger partial charge in [-0.05, 0) is 37.0 Å². The predicted octanol–water partition coefficient (Wildman–Crippen LogP) is 4.49. The summed E-state index contributed by atoms with van der Waals surface area (Å²) in [6.07, 6.45) is 2.39. The van der Waals surface area contributed by atoms with Gasteiger partial charge in [0.25, 0.3) is 0 Å². The Morgan fingerprint density at radius 2 is 1.78 bits per heavy atom. The largest absolute Gasteiger partial charge is 0.496 e. The molecule has 1 fully saturated rings. The number of nitrogens with one attached hydrogen (secondary N) is 1. The normalized spacial score (nSPS) is 15.1. The molecule has 1 aliphatic rings. The van der Waals surface area contributed by atoms with Crippen molar-refractivity contribution in [3.63, 3.8) is 0 Å². The predicted molar refractivity (Wildman–Crippen MR) is 110 cm³/mol. The number of hydrogen-bond acceptors (Lipinski definition) is 5. The molecule has 0 bridgehead atoms. The van der Waals surface area contributed by atoms with Gasteiger partial charge in [-0.3, -0.25) is 0 Å². The Morgan fingerprint density at radius 3 is 2.59 bits per heavy atom. The van der Waals surface area contributed by atoms with Gasteiger partial charge in [-0.1, -0.05) is 37.3 Å².